The highest BCUT2D eigenvalue weighted by molar-refractivity contribution is 6.15. The van der Waals surface area contributed by atoms with Crippen molar-refractivity contribution in [2.75, 3.05) is 4.90 Å². The van der Waals surface area contributed by atoms with E-state index in [4.69, 9.17) is 9.84 Å². The molecular weight excluding hydrogens is 435 g/mol. The first-order valence-electron chi connectivity index (χ1n) is 10.5. The minimum atomic E-state index is -3.08. The van der Waals surface area contributed by atoms with Crippen molar-refractivity contribution in [3.05, 3.63) is 70.5 Å². The summed E-state index contributed by atoms with van der Waals surface area (Å²) in [6, 6.07) is 10.8. The maximum atomic E-state index is 14.5. The van der Waals surface area contributed by atoms with Crippen LogP contribution < -0.4 is 9.64 Å². The van der Waals surface area contributed by atoms with Crippen molar-refractivity contribution in [3.63, 3.8) is 0 Å². The van der Waals surface area contributed by atoms with Gasteiger partial charge >= 0.3 is 12.6 Å². The van der Waals surface area contributed by atoms with Crippen molar-refractivity contribution in [2.24, 2.45) is 5.92 Å². The molecule has 8 heteroatoms. The van der Waals surface area contributed by atoms with Crippen LogP contribution in [-0.4, -0.2) is 23.6 Å². The molecule has 0 saturated carbocycles. The van der Waals surface area contributed by atoms with Gasteiger partial charge in [0.1, 0.15) is 11.6 Å². The zero-order chi connectivity index (χ0) is 23.9. The topological polar surface area (TPSA) is 66.8 Å². The maximum absolute atomic E-state index is 14.5. The molecule has 1 aliphatic rings. The van der Waals surface area contributed by atoms with Crippen LogP contribution in [0.15, 0.2) is 42.5 Å². The van der Waals surface area contributed by atoms with Crippen LogP contribution in [0.2, 0.25) is 0 Å². The van der Waals surface area contributed by atoms with Crippen LogP contribution in [0.3, 0.4) is 0 Å². The summed E-state index contributed by atoms with van der Waals surface area (Å²) in [6.07, 6.45) is 0.0554. The number of halogens is 3. The number of ether oxygens (including phenoxy) is 1. The Bertz CT molecular complexity index is 1260. The van der Waals surface area contributed by atoms with Crippen molar-refractivity contribution in [1.82, 2.24) is 0 Å². The number of carbonyl (C=O) groups is 2. The molecule has 3 aromatic rings. The van der Waals surface area contributed by atoms with Crippen molar-refractivity contribution in [2.45, 2.75) is 39.8 Å². The number of carbonyl (C=O) groups excluding carboxylic acids is 1. The molecule has 0 bridgehead atoms. The zero-order valence-corrected chi connectivity index (χ0v) is 18.1. The van der Waals surface area contributed by atoms with E-state index in [1.165, 1.54) is 17.0 Å². The second kappa shape index (κ2) is 8.77. The summed E-state index contributed by atoms with van der Waals surface area (Å²) in [5.41, 5.74) is 1.58. The van der Waals surface area contributed by atoms with E-state index in [1.54, 1.807) is 24.3 Å². The van der Waals surface area contributed by atoms with Gasteiger partial charge in [0, 0.05) is 16.6 Å². The molecule has 33 heavy (non-hydrogen) atoms. The van der Waals surface area contributed by atoms with E-state index in [0.717, 1.165) is 11.6 Å². The maximum Gasteiger partial charge on any atom is 0.387 e. The number of carboxylic acids is 1. The Balaban J connectivity index is 1.88. The Labute approximate surface area is 188 Å². The molecule has 0 atom stereocenters. The predicted molar refractivity (Wildman–Crippen MR) is 117 cm³/mol. The van der Waals surface area contributed by atoms with E-state index >= 15 is 0 Å². The lowest BCUT2D eigenvalue weighted by molar-refractivity contribution is -0.136. The molecule has 1 N–H and O–H groups in total. The van der Waals surface area contributed by atoms with Crippen molar-refractivity contribution < 1.29 is 32.6 Å². The van der Waals surface area contributed by atoms with Gasteiger partial charge in [-0.3, -0.25) is 9.59 Å². The third-order valence-electron chi connectivity index (χ3n) is 5.66. The highest BCUT2D eigenvalue weighted by Gasteiger charge is 2.36. The van der Waals surface area contributed by atoms with Crippen LogP contribution in [0.1, 0.15) is 40.9 Å². The minimum Gasteiger partial charge on any atom is -0.481 e. The highest BCUT2D eigenvalue weighted by Crippen LogP contribution is 2.43. The van der Waals surface area contributed by atoms with E-state index in [0.29, 0.717) is 28.3 Å². The largest absolute Gasteiger partial charge is 0.481 e. The molecule has 0 spiro atoms. The second-order valence-electron chi connectivity index (χ2n) is 8.42. The third-order valence-corrected chi connectivity index (χ3v) is 5.66. The number of rotatable bonds is 7. The zero-order valence-electron chi connectivity index (χ0n) is 18.1. The van der Waals surface area contributed by atoms with Crippen LogP contribution in [-0.2, 0) is 24.2 Å². The monoisotopic (exact) mass is 457 g/mol. The van der Waals surface area contributed by atoms with Crippen molar-refractivity contribution in [1.29, 1.82) is 0 Å². The lowest BCUT2D eigenvalue weighted by atomic mass is 9.89. The van der Waals surface area contributed by atoms with E-state index in [-0.39, 0.29) is 29.5 Å². The van der Waals surface area contributed by atoms with Gasteiger partial charge in [0.15, 0.2) is 0 Å². The third kappa shape index (κ3) is 4.25. The Morgan fingerprint density at radius 2 is 1.85 bits per heavy atom. The Morgan fingerprint density at radius 1 is 1.15 bits per heavy atom. The van der Waals surface area contributed by atoms with Crippen LogP contribution in [0.25, 0.3) is 10.8 Å². The normalized spacial score (nSPS) is 13.3. The molecule has 5 nitrogen and oxygen atoms in total. The number of nitrogens with zero attached hydrogens (tertiary/aromatic N) is 1. The molecule has 1 amide bonds. The van der Waals surface area contributed by atoms with Gasteiger partial charge in [0.25, 0.3) is 5.91 Å². The van der Waals surface area contributed by atoms with Gasteiger partial charge in [-0.25, -0.2) is 4.39 Å². The summed E-state index contributed by atoms with van der Waals surface area (Å²) < 4.78 is 46.1. The van der Waals surface area contributed by atoms with Gasteiger partial charge in [0.2, 0.25) is 0 Å². The number of aliphatic carboxylic acids is 1. The number of anilines is 1. The summed E-state index contributed by atoms with van der Waals surface area (Å²) in [6.45, 7) is 0.853. The quantitative estimate of drug-likeness (QED) is 0.504. The van der Waals surface area contributed by atoms with Gasteiger partial charge in [-0.15, -0.1) is 0 Å². The van der Waals surface area contributed by atoms with E-state index in [2.05, 4.69) is 0 Å². The van der Waals surface area contributed by atoms with E-state index < -0.39 is 30.7 Å². The first kappa shape index (κ1) is 22.6. The average molecular weight is 457 g/mol. The van der Waals surface area contributed by atoms with Crippen LogP contribution in [0, 0.1) is 11.7 Å². The van der Waals surface area contributed by atoms with Crippen LogP contribution >= 0.6 is 0 Å². The molecule has 172 valence electrons. The van der Waals surface area contributed by atoms with Gasteiger partial charge in [0.05, 0.1) is 18.5 Å². The standard InChI is InChI=1S/C25H22F3NO4/c1-13(2)9-18-16-5-3-4-6-17(16)23(33-25(27)28)19-12-29(24(32)22(18)19)15-8-7-14(10-21(30)31)20(26)11-15/h3-8,11,13,25H,9-10,12H2,1-2H3,(H,30,31). The molecule has 0 aliphatic carbocycles. The lowest BCUT2D eigenvalue weighted by Crippen LogP contribution is -2.24. The number of carboxylic acid groups (broad SMARTS) is 1. The fourth-order valence-corrected chi connectivity index (χ4v) is 4.37. The number of amides is 1. The van der Waals surface area contributed by atoms with Gasteiger partial charge in [-0.05, 0) is 41.0 Å². The van der Waals surface area contributed by atoms with Crippen LogP contribution in [0.4, 0.5) is 18.9 Å². The first-order chi connectivity index (χ1) is 15.7. The van der Waals surface area contributed by atoms with Gasteiger partial charge in [-0.2, -0.15) is 8.78 Å². The molecule has 1 heterocycles. The number of fused-ring (bicyclic) bond motifs is 2. The summed E-state index contributed by atoms with van der Waals surface area (Å²) >= 11 is 0. The summed E-state index contributed by atoms with van der Waals surface area (Å²) in [5, 5.41) is 10.1. The summed E-state index contributed by atoms with van der Waals surface area (Å²) in [4.78, 5) is 25.7. The first-order valence-corrected chi connectivity index (χ1v) is 10.5. The lowest BCUT2D eigenvalue weighted by Gasteiger charge is -2.18. The Hall–Kier alpha value is -3.55. The highest BCUT2D eigenvalue weighted by atomic mass is 19.3. The van der Waals surface area contributed by atoms with Crippen molar-refractivity contribution >= 4 is 28.3 Å². The van der Waals surface area contributed by atoms with Gasteiger partial charge in [-0.1, -0.05) is 44.2 Å². The smallest absolute Gasteiger partial charge is 0.387 e. The molecule has 3 aromatic carbocycles. The molecule has 4 rings (SSSR count). The summed E-state index contributed by atoms with van der Waals surface area (Å²) in [7, 11) is 0. The molecule has 1 aliphatic heterocycles. The number of benzene rings is 3. The molecule has 0 aromatic heterocycles. The van der Waals surface area contributed by atoms with Gasteiger partial charge < -0.3 is 14.7 Å². The fourth-order valence-electron chi connectivity index (χ4n) is 4.37. The predicted octanol–water partition coefficient (Wildman–Crippen LogP) is 5.57. The number of hydrogen-bond donors (Lipinski definition) is 1. The molecule has 0 unspecified atom stereocenters. The molecule has 0 fully saturated rings. The summed E-state index contributed by atoms with van der Waals surface area (Å²) in [5.74, 6) is -2.23. The van der Waals surface area contributed by atoms with Crippen molar-refractivity contribution in [3.8, 4) is 5.75 Å². The SMILES string of the molecule is CC(C)Cc1c2c(c(OC(F)F)c3ccccc13)CN(c1ccc(CC(=O)O)c(F)c1)C2=O. The number of hydrogen-bond acceptors (Lipinski definition) is 3. The molecule has 0 saturated heterocycles. The Morgan fingerprint density at radius 3 is 2.45 bits per heavy atom. The van der Waals surface area contributed by atoms with E-state index in [1.807, 2.05) is 13.8 Å². The second-order valence-corrected chi connectivity index (χ2v) is 8.42. The average Bonchev–Trinajstić information content (AvgIpc) is 3.08. The number of alkyl halides is 2. The van der Waals surface area contributed by atoms with E-state index in [9.17, 15) is 22.8 Å². The van der Waals surface area contributed by atoms with Crippen LogP contribution in [0.5, 0.6) is 5.75 Å². The molecular formula is C25H22F3NO4. The molecule has 0 radical (unpaired) electrons. The Kier molecular flexibility index (Phi) is 6.01. The fraction of sp³-hybridized carbons (Fsp3) is 0.280. The minimum absolute atomic E-state index is 0.0108.